The van der Waals surface area contributed by atoms with Crippen LogP contribution in [0.5, 0.6) is 0 Å². The lowest BCUT2D eigenvalue weighted by Crippen LogP contribution is -2.05. The molecule has 0 saturated carbocycles. The van der Waals surface area contributed by atoms with Gasteiger partial charge in [0.1, 0.15) is 0 Å². The Morgan fingerprint density at radius 1 is 1.25 bits per heavy atom. The Balaban J connectivity index is 3.72. The van der Waals surface area contributed by atoms with Crippen LogP contribution in [0, 0.1) is 0 Å². The number of hydrogen-bond donors (Lipinski definition) is 3. The topological polar surface area (TPSA) is 60.7 Å². The zero-order chi connectivity index (χ0) is 9.56. The van der Waals surface area contributed by atoms with E-state index >= 15 is 0 Å². The minimum Gasteiger partial charge on any atom is -0.505 e. The summed E-state index contributed by atoms with van der Waals surface area (Å²) in [7, 11) is 0. The minimum atomic E-state index is -0.953. The van der Waals surface area contributed by atoms with Crippen LogP contribution in [0.4, 0.5) is 0 Å². The summed E-state index contributed by atoms with van der Waals surface area (Å²) < 4.78 is -0.181. The van der Waals surface area contributed by atoms with Gasteiger partial charge in [-0.25, -0.2) is 0 Å². The Morgan fingerprint density at radius 3 is 2.25 bits per heavy atom. The molecule has 0 rings (SSSR count). The average Bonchev–Trinajstić information content (AvgIpc) is 2.03. The number of halogens is 1. The van der Waals surface area contributed by atoms with Crippen molar-refractivity contribution in [3.63, 3.8) is 0 Å². The summed E-state index contributed by atoms with van der Waals surface area (Å²) in [4.78, 5) is 0. The molecule has 4 heteroatoms. The van der Waals surface area contributed by atoms with Crippen molar-refractivity contribution in [2.24, 2.45) is 0 Å². The SMILES string of the molecule is CCCCCC(I)C(O)=C(O)O. The second-order valence-corrected chi connectivity index (χ2v) is 4.18. The molecule has 0 aliphatic heterocycles. The summed E-state index contributed by atoms with van der Waals surface area (Å²) in [5, 5.41) is 26.1. The highest BCUT2D eigenvalue weighted by Crippen LogP contribution is 2.19. The van der Waals surface area contributed by atoms with Gasteiger partial charge in [-0.2, -0.15) is 0 Å². The van der Waals surface area contributed by atoms with Crippen molar-refractivity contribution in [2.75, 3.05) is 0 Å². The van der Waals surface area contributed by atoms with Gasteiger partial charge < -0.3 is 15.3 Å². The van der Waals surface area contributed by atoms with Gasteiger partial charge >= 0.3 is 5.95 Å². The smallest absolute Gasteiger partial charge is 0.314 e. The Morgan fingerprint density at radius 2 is 1.83 bits per heavy atom. The summed E-state index contributed by atoms with van der Waals surface area (Å²) >= 11 is 1.99. The van der Waals surface area contributed by atoms with Gasteiger partial charge in [0.05, 0.1) is 3.92 Å². The van der Waals surface area contributed by atoms with E-state index in [0.29, 0.717) is 0 Å². The molecule has 0 aromatic rings. The van der Waals surface area contributed by atoms with Crippen LogP contribution in [-0.4, -0.2) is 19.2 Å². The third kappa shape index (κ3) is 4.69. The second-order valence-electron chi connectivity index (χ2n) is 2.67. The molecule has 3 nitrogen and oxygen atoms in total. The van der Waals surface area contributed by atoms with Crippen molar-refractivity contribution < 1.29 is 15.3 Å². The average molecular weight is 286 g/mol. The summed E-state index contributed by atoms with van der Waals surface area (Å²) in [5.41, 5.74) is 0. The van der Waals surface area contributed by atoms with E-state index in [1.165, 1.54) is 0 Å². The predicted molar refractivity (Wildman–Crippen MR) is 56.9 cm³/mol. The molecule has 0 aromatic carbocycles. The van der Waals surface area contributed by atoms with E-state index in [1.807, 2.05) is 22.6 Å². The second kappa shape index (κ2) is 6.39. The molecular formula is C8H15IO3. The zero-order valence-electron chi connectivity index (χ0n) is 7.13. The summed E-state index contributed by atoms with van der Waals surface area (Å²) in [6, 6.07) is 0. The number of aliphatic hydroxyl groups is 3. The third-order valence-electron chi connectivity index (χ3n) is 1.59. The maximum absolute atomic E-state index is 9.07. The van der Waals surface area contributed by atoms with Gasteiger partial charge in [-0.1, -0.05) is 48.8 Å². The van der Waals surface area contributed by atoms with Gasteiger partial charge in [-0.05, 0) is 6.42 Å². The van der Waals surface area contributed by atoms with Crippen LogP contribution in [0.1, 0.15) is 32.6 Å². The van der Waals surface area contributed by atoms with Crippen LogP contribution in [0.25, 0.3) is 0 Å². The van der Waals surface area contributed by atoms with Crippen molar-refractivity contribution in [1.29, 1.82) is 0 Å². The highest BCUT2D eigenvalue weighted by molar-refractivity contribution is 14.1. The monoisotopic (exact) mass is 286 g/mol. The van der Waals surface area contributed by atoms with Crippen molar-refractivity contribution in [3.8, 4) is 0 Å². The molecule has 12 heavy (non-hydrogen) atoms. The Labute approximate surface area is 86.2 Å². The summed E-state index contributed by atoms with van der Waals surface area (Å²) in [6.07, 6.45) is 4.02. The lowest BCUT2D eigenvalue weighted by atomic mass is 10.1. The maximum Gasteiger partial charge on any atom is 0.314 e. The van der Waals surface area contributed by atoms with Crippen LogP contribution in [-0.2, 0) is 0 Å². The highest BCUT2D eigenvalue weighted by atomic mass is 127. The van der Waals surface area contributed by atoms with Crippen LogP contribution in [0.15, 0.2) is 11.7 Å². The van der Waals surface area contributed by atoms with Gasteiger partial charge in [0.25, 0.3) is 0 Å². The Kier molecular flexibility index (Phi) is 6.32. The van der Waals surface area contributed by atoms with Gasteiger partial charge in [0.2, 0.25) is 0 Å². The highest BCUT2D eigenvalue weighted by Gasteiger charge is 2.13. The largest absolute Gasteiger partial charge is 0.505 e. The first-order valence-corrected chi connectivity index (χ1v) is 5.29. The molecular weight excluding hydrogens is 271 g/mol. The normalized spacial score (nSPS) is 12.5. The van der Waals surface area contributed by atoms with E-state index in [9.17, 15) is 0 Å². The molecule has 0 bridgehead atoms. The van der Waals surface area contributed by atoms with E-state index in [1.54, 1.807) is 0 Å². The molecule has 1 unspecified atom stereocenters. The number of rotatable bonds is 5. The van der Waals surface area contributed by atoms with Crippen molar-refractivity contribution in [1.82, 2.24) is 0 Å². The van der Waals surface area contributed by atoms with E-state index in [0.717, 1.165) is 25.7 Å². The molecule has 0 fully saturated rings. The molecule has 0 heterocycles. The fourth-order valence-electron chi connectivity index (χ4n) is 0.850. The van der Waals surface area contributed by atoms with E-state index in [2.05, 4.69) is 6.92 Å². The number of aliphatic hydroxyl groups excluding tert-OH is 2. The molecule has 0 aromatic heterocycles. The Bertz CT molecular complexity index is 152. The summed E-state index contributed by atoms with van der Waals surface area (Å²) in [5.74, 6) is -1.27. The van der Waals surface area contributed by atoms with E-state index in [-0.39, 0.29) is 9.68 Å². The first-order valence-electron chi connectivity index (χ1n) is 4.04. The lowest BCUT2D eigenvalue weighted by Gasteiger charge is -2.07. The maximum atomic E-state index is 9.07. The predicted octanol–water partition coefficient (Wildman–Crippen LogP) is 3.21. The fourth-order valence-corrected chi connectivity index (χ4v) is 1.57. The first-order chi connectivity index (χ1) is 5.59. The number of unbranched alkanes of at least 4 members (excludes halogenated alkanes) is 2. The number of allylic oxidation sites excluding steroid dienone is 1. The van der Waals surface area contributed by atoms with E-state index < -0.39 is 5.95 Å². The minimum absolute atomic E-state index is 0.181. The summed E-state index contributed by atoms with van der Waals surface area (Å²) in [6.45, 7) is 2.10. The molecule has 72 valence electrons. The molecule has 3 N–H and O–H groups in total. The number of alkyl halides is 1. The third-order valence-corrected chi connectivity index (χ3v) is 2.80. The Hall–Kier alpha value is -0.130. The molecule has 0 aliphatic carbocycles. The zero-order valence-corrected chi connectivity index (χ0v) is 9.28. The fraction of sp³-hybridized carbons (Fsp3) is 0.750. The van der Waals surface area contributed by atoms with E-state index in [4.69, 9.17) is 15.3 Å². The lowest BCUT2D eigenvalue weighted by molar-refractivity contribution is 0.155. The standard InChI is InChI=1S/C8H15IO3/c1-2-3-4-5-6(9)7(10)8(11)12/h6,10-12H,2-5H2,1H3. The van der Waals surface area contributed by atoms with Crippen molar-refractivity contribution in [2.45, 2.75) is 36.5 Å². The van der Waals surface area contributed by atoms with Gasteiger partial charge in [-0.15, -0.1) is 0 Å². The molecule has 0 spiro atoms. The number of hydrogen-bond acceptors (Lipinski definition) is 3. The first kappa shape index (κ1) is 11.9. The molecule has 0 radical (unpaired) electrons. The van der Waals surface area contributed by atoms with Gasteiger partial charge in [0.15, 0.2) is 5.76 Å². The van der Waals surface area contributed by atoms with Crippen LogP contribution >= 0.6 is 22.6 Å². The van der Waals surface area contributed by atoms with Gasteiger partial charge in [-0.3, -0.25) is 0 Å². The molecule has 0 aliphatic rings. The van der Waals surface area contributed by atoms with Gasteiger partial charge in [0, 0.05) is 0 Å². The van der Waals surface area contributed by atoms with Crippen LogP contribution < -0.4 is 0 Å². The van der Waals surface area contributed by atoms with Crippen molar-refractivity contribution in [3.05, 3.63) is 11.7 Å². The molecule has 0 amide bonds. The molecule has 1 atom stereocenters. The molecule has 0 saturated heterocycles. The quantitative estimate of drug-likeness (QED) is 0.315. The van der Waals surface area contributed by atoms with Crippen LogP contribution in [0.2, 0.25) is 0 Å². The van der Waals surface area contributed by atoms with Crippen molar-refractivity contribution >= 4 is 22.6 Å². The van der Waals surface area contributed by atoms with Crippen LogP contribution in [0.3, 0.4) is 0 Å².